The van der Waals surface area contributed by atoms with Gasteiger partial charge in [0.05, 0.1) is 18.7 Å². The lowest BCUT2D eigenvalue weighted by Gasteiger charge is -2.31. The standard InChI is InChI=1S/C12H20N2O2/c1-4-12(5-2,9-13)11(15)14(3)10-6-7-16-8-10/h10H,4-8H2,1-3H3. The molecule has 0 aliphatic carbocycles. The second-order valence-corrected chi connectivity index (χ2v) is 4.33. The predicted molar refractivity (Wildman–Crippen MR) is 60.6 cm³/mol. The number of likely N-dealkylation sites (N-methyl/N-ethyl adjacent to an activating group) is 1. The third-order valence-corrected chi connectivity index (χ3v) is 3.60. The molecule has 1 amide bonds. The number of hydrogen-bond donors (Lipinski definition) is 0. The van der Waals surface area contributed by atoms with E-state index in [1.165, 1.54) is 0 Å². The molecule has 1 fully saturated rings. The Labute approximate surface area is 97.2 Å². The van der Waals surface area contributed by atoms with E-state index >= 15 is 0 Å². The molecule has 1 rings (SSSR count). The molecule has 0 radical (unpaired) electrons. The third-order valence-electron chi connectivity index (χ3n) is 3.60. The van der Waals surface area contributed by atoms with E-state index in [0.29, 0.717) is 26.1 Å². The van der Waals surface area contributed by atoms with Crippen molar-refractivity contribution in [3.63, 3.8) is 0 Å². The van der Waals surface area contributed by atoms with Crippen LogP contribution in [-0.4, -0.2) is 37.1 Å². The van der Waals surface area contributed by atoms with Crippen LogP contribution < -0.4 is 0 Å². The Hall–Kier alpha value is -1.08. The van der Waals surface area contributed by atoms with Crippen molar-refractivity contribution in [2.45, 2.75) is 39.2 Å². The van der Waals surface area contributed by atoms with Gasteiger partial charge in [-0.05, 0) is 19.3 Å². The van der Waals surface area contributed by atoms with Crippen molar-refractivity contribution < 1.29 is 9.53 Å². The van der Waals surface area contributed by atoms with E-state index in [-0.39, 0.29) is 11.9 Å². The molecule has 1 saturated heterocycles. The van der Waals surface area contributed by atoms with Crippen molar-refractivity contribution in [1.82, 2.24) is 4.90 Å². The van der Waals surface area contributed by atoms with Gasteiger partial charge in [-0.3, -0.25) is 4.79 Å². The Bertz CT molecular complexity index is 286. The minimum absolute atomic E-state index is 0.0597. The summed E-state index contributed by atoms with van der Waals surface area (Å²) in [5.41, 5.74) is -0.850. The first-order valence-electron chi connectivity index (χ1n) is 5.87. The van der Waals surface area contributed by atoms with E-state index < -0.39 is 5.41 Å². The highest BCUT2D eigenvalue weighted by Gasteiger charge is 2.39. The van der Waals surface area contributed by atoms with Crippen LogP contribution >= 0.6 is 0 Å². The van der Waals surface area contributed by atoms with Gasteiger partial charge in [-0.15, -0.1) is 0 Å². The summed E-state index contributed by atoms with van der Waals surface area (Å²) in [6.07, 6.45) is 2.00. The molecule has 0 saturated carbocycles. The first-order chi connectivity index (χ1) is 7.61. The normalized spacial score (nSPS) is 20.5. The van der Waals surface area contributed by atoms with Gasteiger partial charge in [-0.1, -0.05) is 13.8 Å². The predicted octanol–water partition coefficient (Wildman–Crippen LogP) is 1.56. The van der Waals surface area contributed by atoms with Crippen molar-refractivity contribution in [1.29, 1.82) is 5.26 Å². The van der Waals surface area contributed by atoms with Gasteiger partial charge in [0.15, 0.2) is 0 Å². The van der Waals surface area contributed by atoms with Crippen LogP contribution in [0.15, 0.2) is 0 Å². The fourth-order valence-corrected chi connectivity index (χ4v) is 2.09. The first kappa shape index (κ1) is 13.0. The summed E-state index contributed by atoms with van der Waals surface area (Å²) in [7, 11) is 1.78. The molecule has 0 spiro atoms. The number of carbonyl (C=O) groups is 1. The number of ether oxygens (including phenoxy) is 1. The van der Waals surface area contributed by atoms with Gasteiger partial charge in [0.1, 0.15) is 5.41 Å². The smallest absolute Gasteiger partial charge is 0.243 e. The topological polar surface area (TPSA) is 53.3 Å². The number of hydrogen-bond acceptors (Lipinski definition) is 3. The van der Waals surface area contributed by atoms with Gasteiger partial charge in [0.2, 0.25) is 5.91 Å². The third kappa shape index (κ3) is 2.19. The zero-order valence-corrected chi connectivity index (χ0v) is 10.3. The monoisotopic (exact) mass is 224 g/mol. The van der Waals surface area contributed by atoms with Crippen molar-refractivity contribution in [3.8, 4) is 6.07 Å². The lowest BCUT2D eigenvalue weighted by atomic mass is 9.82. The average Bonchev–Trinajstić information content (AvgIpc) is 2.84. The molecule has 0 bridgehead atoms. The van der Waals surface area contributed by atoms with E-state index in [9.17, 15) is 10.1 Å². The van der Waals surface area contributed by atoms with Crippen molar-refractivity contribution in [3.05, 3.63) is 0 Å². The molecular weight excluding hydrogens is 204 g/mol. The minimum atomic E-state index is -0.850. The van der Waals surface area contributed by atoms with Crippen molar-refractivity contribution in [2.75, 3.05) is 20.3 Å². The maximum absolute atomic E-state index is 12.3. The molecule has 0 aromatic carbocycles. The van der Waals surface area contributed by atoms with Gasteiger partial charge in [-0.25, -0.2) is 0 Å². The second-order valence-electron chi connectivity index (χ2n) is 4.33. The van der Waals surface area contributed by atoms with Crippen molar-refractivity contribution in [2.24, 2.45) is 5.41 Å². The Balaban J connectivity index is 2.78. The first-order valence-corrected chi connectivity index (χ1v) is 5.87. The molecule has 90 valence electrons. The molecule has 1 aliphatic heterocycles. The molecule has 1 aliphatic rings. The number of carbonyl (C=O) groups excluding carboxylic acids is 1. The summed E-state index contributed by atoms with van der Waals surface area (Å²) >= 11 is 0. The van der Waals surface area contributed by atoms with E-state index in [1.807, 2.05) is 13.8 Å². The lowest BCUT2D eigenvalue weighted by Crippen LogP contribution is -2.46. The maximum Gasteiger partial charge on any atom is 0.243 e. The largest absolute Gasteiger partial charge is 0.379 e. The SMILES string of the molecule is CCC(C#N)(CC)C(=O)N(C)C1CCOC1. The molecule has 0 aromatic heterocycles. The number of nitrogens with zero attached hydrogens (tertiary/aromatic N) is 2. The maximum atomic E-state index is 12.3. The summed E-state index contributed by atoms with van der Waals surface area (Å²) in [5.74, 6) is -0.0597. The van der Waals surface area contributed by atoms with E-state index in [1.54, 1.807) is 11.9 Å². The summed E-state index contributed by atoms with van der Waals surface area (Å²) in [6, 6.07) is 2.32. The highest BCUT2D eigenvalue weighted by atomic mass is 16.5. The molecule has 0 aromatic rings. The highest BCUT2D eigenvalue weighted by Crippen LogP contribution is 2.29. The van der Waals surface area contributed by atoms with Gasteiger partial charge in [0, 0.05) is 13.7 Å². The van der Waals surface area contributed by atoms with Gasteiger partial charge in [0.25, 0.3) is 0 Å². The summed E-state index contributed by atoms with van der Waals surface area (Å²) < 4.78 is 5.27. The Kier molecular flexibility index (Phi) is 4.31. The van der Waals surface area contributed by atoms with Crippen LogP contribution in [0, 0.1) is 16.7 Å². The molecular formula is C12H20N2O2. The average molecular weight is 224 g/mol. The second kappa shape index (κ2) is 5.31. The zero-order valence-electron chi connectivity index (χ0n) is 10.3. The molecule has 16 heavy (non-hydrogen) atoms. The van der Waals surface area contributed by atoms with Crippen LogP contribution in [0.4, 0.5) is 0 Å². The Morgan fingerprint density at radius 1 is 1.56 bits per heavy atom. The molecule has 1 unspecified atom stereocenters. The van der Waals surface area contributed by atoms with Crippen LogP contribution in [0.3, 0.4) is 0 Å². The van der Waals surface area contributed by atoms with Gasteiger partial charge in [-0.2, -0.15) is 5.26 Å². The highest BCUT2D eigenvalue weighted by molar-refractivity contribution is 5.85. The summed E-state index contributed by atoms with van der Waals surface area (Å²) in [6.45, 7) is 5.09. The van der Waals surface area contributed by atoms with E-state index in [0.717, 1.165) is 6.42 Å². The summed E-state index contributed by atoms with van der Waals surface area (Å²) in [4.78, 5) is 14.0. The molecule has 1 atom stereocenters. The number of rotatable bonds is 4. The van der Waals surface area contributed by atoms with E-state index in [4.69, 9.17) is 4.74 Å². The van der Waals surface area contributed by atoms with E-state index in [2.05, 4.69) is 6.07 Å². The summed E-state index contributed by atoms with van der Waals surface area (Å²) in [5, 5.41) is 9.21. The van der Waals surface area contributed by atoms with Crippen molar-refractivity contribution >= 4 is 5.91 Å². The quantitative estimate of drug-likeness (QED) is 0.728. The fourth-order valence-electron chi connectivity index (χ4n) is 2.09. The van der Waals surface area contributed by atoms with Gasteiger partial charge < -0.3 is 9.64 Å². The van der Waals surface area contributed by atoms with Crippen LogP contribution in [0.1, 0.15) is 33.1 Å². The Morgan fingerprint density at radius 2 is 2.19 bits per heavy atom. The molecule has 1 heterocycles. The van der Waals surface area contributed by atoms with Crippen LogP contribution in [0.5, 0.6) is 0 Å². The molecule has 4 heteroatoms. The van der Waals surface area contributed by atoms with Gasteiger partial charge >= 0.3 is 0 Å². The van der Waals surface area contributed by atoms with Crippen LogP contribution in [0.25, 0.3) is 0 Å². The molecule has 0 N–H and O–H groups in total. The zero-order chi connectivity index (χ0) is 12.2. The number of amides is 1. The van der Waals surface area contributed by atoms with Crippen LogP contribution in [-0.2, 0) is 9.53 Å². The Morgan fingerprint density at radius 3 is 2.56 bits per heavy atom. The lowest BCUT2D eigenvalue weighted by molar-refractivity contribution is -0.140. The number of nitriles is 1. The minimum Gasteiger partial charge on any atom is -0.379 e. The fraction of sp³-hybridized carbons (Fsp3) is 0.833. The molecule has 4 nitrogen and oxygen atoms in total. The van der Waals surface area contributed by atoms with Crippen LogP contribution in [0.2, 0.25) is 0 Å².